The van der Waals surface area contributed by atoms with Crippen LogP contribution in [0.4, 0.5) is 8.78 Å². The van der Waals surface area contributed by atoms with Gasteiger partial charge in [0.05, 0.1) is 0 Å². The van der Waals surface area contributed by atoms with Crippen molar-refractivity contribution in [3.8, 4) is 0 Å². The van der Waals surface area contributed by atoms with E-state index >= 15 is 0 Å². The second-order valence-corrected chi connectivity index (χ2v) is 2.55. The third-order valence-corrected chi connectivity index (χ3v) is 1.68. The van der Waals surface area contributed by atoms with Crippen molar-refractivity contribution >= 4 is 5.84 Å². The maximum Gasteiger partial charge on any atom is 0.149 e. The molecule has 5 heteroatoms. The van der Waals surface area contributed by atoms with Gasteiger partial charge in [-0.2, -0.15) is 0 Å². The zero-order chi connectivity index (χ0) is 10.0. The van der Waals surface area contributed by atoms with E-state index in [1.165, 1.54) is 12.4 Å². The molecule has 3 nitrogen and oxygen atoms in total. The summed E-state index contributed by atoms with van der Waals surface area (Å²) >= 11 is 0. The molecular formula is C8H8F2N2O. The molecule has 1 aromatic carbocycles. The van der Waals surface area contributed by atoms with Gasteiger partial charge in [-0.25, -0.2) is 8.78 Å². The van der Waals surface area contributed by atoms with Gasteiger partial charge in [-0.3, -0.25) is 16.1 Å². The summed E-state index contributed by atoms with van der Waals surface area (Å²) < 4.78 is 25.8. The molecule has 13 heavy (non-hydrogen) atoms. The van der Waals surface area contributed by atoms with E-state index in [0.717, 1.165) is 12.1 Å². The Hall–Kier alpha value is -1.49. The maximum atomic E-state index is 12.9. The molecule has 0 heterocycles. The first-order valence-electron chi connectivity index (χ1n) is 3.51. The summed E-state index contributed by atoms with van der Waals surface area (Å²) in [4.78, 5) is 0. The van der Waals surface area contributed by atoms with E-state index in [-0.39, 0.29) is 11.1 Å². The van der Waals surface area contributed by atoms with E-state index in [0.29, 0.717) is 0 Å². The largest absolute Gasteiger partial charge is 0.290 e. The number of halogens is 2. The second-order valence-electron chi connectivity index (χ2n) is 2.55. The average Bonchev–Trinajstić information content (AvgIpc) is 2.12. The minimum Gasteiger partial charge on any atom is -0.290 e. The lowest BCUT2D eigenvalue weighted by Gasteiger charge is -2.04. The molecule has 0 aliphatic carbocycles. The molecule has 1 rings (SSSR count). The monoisotopic (exact) mass is 186 g/mol. The average molecular weight is 186 g/mol. The van der Waals surface area contributed by atoms with Crippen molar-refractivity contribution < 1.29 is 14.0 Å². The summed E-state index contributed by atoms with van der Waals surface area (Å²) in [6, 6.07) is 1.95. The lowest BCUT2D eigenvalue weighted by molar-refractivity contribution is 0.234. The van der Waals surface area contributed by atoms with Crippen LogP contribution in [0.2, 0.25) is 0 Å². The van der Waals surface area contributed by atoms with E-state index in [2.05, 4.69) is 0 Å². The van der Waals surface area contributed by atoms with Crippen LogP contribution in [0.5, 0.6) is 0 Å². The Morgan fingerprint density at radius 2 is 1.85 bits per heavy atom. The zero-order valence-electron chi connectivity index (χ0n) is 6.86. The van der Waals surface area contributed by atoms with Crippen molar-refractivity contribution in [2.45, 2.75) is 6.92 Å². The molecule has 0 aliphatic heterocycles. The third-order valence-electron chi connectivity index (χ3n) is 1.68. The fourth-order valence-electron chi connectivity index (χ4n) is 0.854. The predicted octanol–water partition coefficient (Wildman–Crippen LogP) is 1.58. The first-order valence-corrected chi connectivity index (χ1v) is 3.51. The van der Waals surface area contributed by atoms with Gasteiger partial charge in [0.15, 0.2) is 0 Å². The molecule has 0 fully saturated rings. The van der Waals surface area contributed by atoms with Crippen molar-refractivity contribution in [3.63, 3.8) is 0 Å². The zero-order valence-corrected chi connectivity index (χ0v) is 6.86. The predicted molar refractivity (Wildman–Crippen MR) is 42.8 cm³/mol. The smallest absolute Gasteiger partial charge is 0.149 e. The molecule has 0 bridgehead atoms. The molecule has 0 aromatic heterocycles. The maximum absolute atomic E-state index is 12.9. The molecule has 70 valence electrons. The molecule has 0 spiro atoms. The molecule has 0 radical (unpaired) electrons. The van der Waals surface area contributed by atoms with E-state index in [1.54, 1.807) is 0 Å². The van der Waals surface area contributed by atoms with Gasteiger partial charge in [0.25, 0.3) is 0 Å². The molecule has 1 aromatic rings. The number of rotatable bonds is 1. The Labute approximate surface area is 73.5 Å². The van der Waals surface area contributed by atoms with Gasteiger partial charge in [-0.15, -0.1) is 0 Å². The molecule has 0 amide bonds. The number of hydrogen-bond donors (Lipinski definition) is 3. The van der Waals surface area contributed by atoms with Crippen molar-refractivity contribution in [3.05, 3.63) is 34.9 Å². The Balaban J connectivity index is 3.20. The quantitative estimate of drug-likeness (QED) is 0.354. The van der Waals surface area contributed by atoms with Gasteiger partial charge in [0, 0.05) is 11.1 Å². The van der Waals surface area contributed by atoms with Crippen LogP contribution in [0, 0.1) is 24.0 Å². The Morgan fingerprint density at radius 3 is 2.23 bits per heavy atom. The summed E-state index contributed by atoms with van der Waals surface area (Å²) in [5, 5.41) is 15.4. The highest BCUT2D eigenvalue weighted by Crippen LogP contribution is 2.13. The van der Waals surface area contributed by atoms with Crippen molar-refractivity contribution in [2.75, 3.05) is 0 Å². The highest BCUT2D eigenvalue weighted by atomic mass is 19.1. The molecule has 0 saturated heterocycles. The Kier molecular flexibility index (Phi) is 2.57. The summed E-state index contributed by atoms with van der Waals surface area (Å²) in [6.45, 7) is 1.30. The third kappa shape index (κ3) is 1.81. The van der Waals surface area contributed by atoms with E-state index in [1.807, 2.05) is 0 Å². The van der Waals surface area contributed by atoms with Crippen LogP contribution in [0.3, 0.4) is 0 Å². The van der Waals surface area contributed by atoms with Crippen LogP contribution in [0.15, 0.2) is 12.1 Å². The fraction of sp³-hybridized carbons (Fsp3) is 0.125. The Morgan fingerprint density at radius 1 is 1.38 bits per heavy atom. The van der Waals surface area contributed by atoms with Crippen LogP contribution < -0.4 is 5.48 Å². The van der Waals surface area contributed by atoms with E-state index < -0.39 is 17.5 Å². The summed E-state index contributed by atoms with van der Waals surface area (Å²) in [7, 11) is 0. The molecule has 0 atom stereocenters. The normalized spacial score (nSPS) is 9.85. The number of nitrogens with one attached hydrogen (secondary N) is 2. The lowest BCUT2D eigenvalue weighted by atomic mass is 10.1. The van der Waals surface area contributed by atoms with Gasteiger partial charge < -0.3 is 0 Å². The number of hydroxylamine groups is 1. The summed E-state index contributed by atoms with van der Waals surface area (Å²) in [5.41, 5.74) is 1.36. The fourth-order valence-corrected chi connectivity index (χ4v) is 0.854. The van der Waals surface area contributed by atoms with E-state index in [9.17, 15) is 8.78 Å². The minimum atomic E-state index is -0.741. The standard InChI is InChI=1S/C8H8F2N2O/c1-4-6(9)2-5(3-7(4)10)8(11)12-13/h2-3,13H,1H3,(H2,11,12). The summed E-state index contributed by atoms with van der Waals surface area (Å²) in [5.74, 6) is -1.93. The number of hydrogen-bond acceptors (Lipinski definition) is 2. The van der Waals surface area contributed by atoms with Gasteiger partial charge in [0.2, 0.25) is 0 Å². The molecule has 0 saturated carbocycles. The lowest BCUT2D eigenvalue weighted by Crippen LogP contribution is -2.19. The molecular weight excluding hydrogens is 178 g/mol. The highest BCUT2D eigenvalue weighted by molar-refractivity contribution is 5.95. The highest BCUT2D eigenvalue weighted by Gasteiger charge is 2.09. The van der Waals surface area contributed by atoms with Crippen LogP contribution in [0.1, 0.15) is 11.1 Å². The van der Waals surface area contributed by atoms with Crippen LogP contribution in [0.25, 0.3) is 0 Å². The van der Waals surface area contributed by atoms with Gasteiger partial charge >= 0.3 is 0 Å². The SMILES string of the molecule is Cc1c(F)cc(C(=N)NO)cc1F. The van der Waals surface area contributed by atoms with Crippen molar-refractivity contribution in [2.24, 2.45) is 0 Å². The first kappa shape index (κ1) is 9.60. The van der Waals surface area contributed by atoms with E-state index in [4.69, 9.17) is 10.6 Å². The molecule has 3 N–H and O–H groups in total. The number of amidine groups is 1. The van der Waals surface area contributed by atoms with Crippen LogP contribution in [-0.2, 0) is 0 Å². The molecule has 0 unspecified atom stereocenters. The van der Waals surface area contributed by atoms with Crippen molar-refractivity contribution in [1.82, 2.24) is 5.48 Å². The van der Waals surface area contributed by atoms with Gasteiger partial charge in [0.1, 0.15) is 17.5 Å². The van der Waals surface area contributed by atoms with Gasteiger partial charge in [-0.05, 0) is 19.1 Å². The second kappa shape index (κ2) is 3.49. The van der Waals surface area contributed by atoms with Crippen LogP contribution >= 0.6 is 0 Å². The van der Waals surface area contributed by atoms with Crippen molar-refractivity contribution in [1.29, 1.82) is 5.41 Å². The Bertz CT molecular complexity index is 329. The topological polar surface area (TPSA) is 56.1 Å². The first-order chi connectivity index (χ1) is 6.06. The molecule has 0 aliphatic rings. The minimum absolute atomic E-state index is 0.0388. The summed E-state index contributed by atoms with van der Waals surface area (Å²) in [6.07, 6.45) is 0. The number of benzene rings is 1. The van der Waals surface area contributed by atoms with Crippen LogP contribution in [-0.4, -0.2) is 11.0 Å². The van der Waals surface area contributed by atoms with Gasteiger partial charge in [-0.1, -0.05) is 0 Å².